The van der Waals surface area contributed by atoms with Crippen LogP contribution in [0.5, 0.6) is 0 Å². The van der Waals surface area contributed by atoms with Crippen LogP contribution in [0, 0.1) is 40.9 Å². The Labute approximate surface area is 104 Å². The smallest absolute Gasteiger partial charge is 0.163 e. The first-order chi connectivity index (χ1) is 8.13. The monoisotopic (exact) mass is 242 g/mol. The van der Waals surface area contributed by atoms with E-state index < -0.39 is 0 Å². The summed E-state index contributed by atoms with van der Waals surface area (Å²) in [6.45, 7) is 1.81. The minimum atomic E-state index is -0.271. The lowest BCUT2D eigenvalue weighted by atomic mass is 10.2. The van der Waals surface area contributed by atoms with E-state index in [1.807, 2.05) is 13.0 Å². The van der Waals surface area contributed by atoms with Crippen LogP contribution in [-0.2, 0) is 0 Å². The summed E-state index contributed by atoms with van der Waals surface area (Å²) in [4.78, 5) is 0. The summed E-state index contributed by atoms with van der Waals surface area (Å²) in [6, 6.07) is 10.3. The van der Waals surface area contributed by atoms with Gasteiger partial charge in [-0.25, -0.2) is 0 Å². The van der Waals surface area contributed by atoms with Crippen molar-refractivity contribution in [1.29, 1.82) is 15.8 Å². The van der Waals surface area contributed by atoms with E-state index in [0.29, 0.717) is 10.7 Å². The Hall–Kier alpha value is -2.48. The number of hydrogen-bond donors (Lipinski definition) is 1. The van der Waals surface area contributed by atoms with E-state index in [2.05, 4.69) is 5.32 Å². The Balaban J connectivity index is 3.25. The van der Waals surface area contributed by atoms with E-state index in [9.17, 15) is 0 Å². The van der Waals surface area contributed by atoms with Crippen molar-refractivity contribution >= 4 is 17.3 Å². The minimum Gasteiger partial charge on any atom is -0.344 e. The Bertz CT molecular complexity index is 560. The molecule has 0 unspecified atom stereocenters. The summed E-state index contributed by atoms with van der Waals surface area (Å²) >= 11 is 5.96. The molecule has 0 bridgehead atoms. The largest absolute Gasteiger partial charge is 0.344 e. The normalized spacial score (nSPS) is 8.41. The van der Waals surface area contributed by atoms with E-state index in [0.717, 1.165) is 5.56 Å². The molecule has 0 heterocycles. The number of hydrogen-bond acceptors (Lipinski definition) is 4. The molecule has 0 amide bonds. The number of halogens is 1. The van der Waals surface area contributed by atoms with Crippen molar-refractivity contribution in [3.8, 4) is 18.2 Å². The molecule has 17 heavy (non-hydrogen) atoms. The van der Waals surface area contributed by atoms with Gasteiger partial charge in [0.15, 0.2) is 5.57 Å². The summed E-state index contributed by atoms with van der Waals surface area (Å²) in [5, 5.41) is 29.4. The number of aryl methyl sites for hydroxylation is 1. The zero-order valence-electron chi connectivity index (χ0n) is 8.95. The van der Waals surface area contributed by atoms with Crippen LogP contribution in [0.3, 0.4) is 0 Å². The van der Waals surface area contributed by atoms with Crippen molar-refractivity contribution < 1.29 is 0 Å². The third kappa shape index (κ3) is 2.75. The van der Waals surface area contributed by atoms with Crippen LogP contribution in [-0.4, -0.2) is 0 Å². The maximum absolute atomic E-state index is 8.89. The second-order valence-electron chi connectivity index (χ2n) is 3.14. The molecule has 0 aliphatic rings. The Kier molecular flexibility index (Phi) is 4.12. The van der Waals surface area contributed by atoms with Crippen molar-refractivity contribution in [2.45, 2.75) is 6.92 Å². The summed E-state index contributed by atoms with van der Waals surface area (Å²) < 4.78 is 0. The second-order valence-corrected chi connectivity index (χ2v) is 3.55. The molecule has 1 aromatic rings. The number of benzene rings is 1. The zero-order valence-corrected chi connectivity index (χ0v) is 9.71. The topological polar surface area (TPSA) is 83.4 Å². The van der Waals surface area contributed by atoms with Crippen LogP contribution in [0.4, 0.5) is 5.69 Å². The highest BCUT2D eigenvalue weighted by atomic mass is 35.5. The Morgan fingerprint density at radius 1 is 1.18 bits per heavy atom. The average Bonchev–Trinajstić information content (AvgIpc) is 2.33. The highest BCUT2D eigenvalue weighted by molar-refractivity contribution is 6.33. The van der Waals surface area contributed by atoms with Crippen LogP contribution >= 0.6 is 11.6 Å². The lowest BCUT2D eigenvalue weighted by Crippen LogP contribution is -2.02. The predicted octanol–water partition coefficient (Wildman–Crippen LogP) is 2.89. The number of nitriles is 3. The van der Waals surface area contributed by atoms with Crippen molar-refractivity contribution in [3.05, 3.63) is 40.1 Å². The highest BCUT2D eigenvalue weighted by Gasteiger charge is 2.09. The average molecular weight is 243 g/mol. The van der Waals surface area contributed by atoms with Crippen molar-refractivity contribution in [2.75, 3.05) is 5.32 Å². The van der Waals surface area contributed by atoms with Gasteiger partial charge in [-0.05, 0) is 18.6 Å². The van der Waals surface area contributed by atoms with E-state index in [1.165, 1.54) is 0 Å². The fraction of sp³-hybridized carbons (Fsp3) is 0.0833. The van der Waals surface area contributed by atoms with Crippen LogP contribution in [0.25, 0.3) is 0 Å². The number of anilines is 1. The predicted molar refractivity (Wildman–Crippen MR) is 63.7 cm³/mol. The fourth-order valence-corrected chi connectivity index (χ4v) is 1.47. The molecule has 1 rings (SSSR count). The summed E-state index contributed by atoms with van der Waals surface area (Å²) in [5.74, 6) is 0. The minimum absolute atomic E-state index is 0.105. The first-order valence-electron chi connectivity index (χ1n) is 4.60. The molecule has 0 aromatic heterocycles. The van der Waals surface area contributed by atoms with Gasteiger partial charge in [0.25, 0.3) is 0 Å². The molecule has 0 fully saturated rings. The first-order valence-corrected chi connectivity index (χ1v) is 4.98. The van der Waals surface area contributed by atoms with Gasteiger partial charge >= 0.3 is 0 Å². The molecule has 82 valence electrons. The van der Waals surface area contributed by atoms with Gasteiger partial charge in [-0.15, -0.1) is 0 Å². The zero-order chi connectivity index (χ0) is 12.8. The van der Waals surface area contributed by atoms with Gasteiger partial charge in [-0.2, -0.15) is 15.8 Å². The molecule has 0 radical (unpaired) electrons. The summed E-state index contributed by atoms with van der Waals surface area (Å²) in [6.07, 6.45) is 0. The van der Waals surface area contributed by atoms with Crippen molar-refractivity contribution in [3.63, 3.8) is 0 Å². The fourth-order valence-electron chi connectivity index (χ4n) is 1.20. The SMILES string of the molecule is Cc1cccc(Cl)c1NC(C#N)=C(C#N)C#N. The number of allylic oxidation sites excluding steroid dienone is 2. The van der Waals surface area contributed by atoms with E-state index >= 15 is 0 Å². The summed E-state index contributed by atoms with van der Waals surface area (Å²) in [5.41, 5.74) is 0.965. The molecule has 0 saturated heterocycles. The van der Waals surface area contributed by atoms with Gasteiger partial charge < -0.3 is 5.32 Å². The third-order valence-corrected chi connectivity index (χ3v) is 2.37. The molecule has 0 aliphatic heterocycles. The van der Waals surface area contributed by atoms with Crippen LogP contribution in [0.1, 0.15) is 5.56 Å². The molecule has 0 aliphatic carbocycles. The van der Waals surface area contributed by atoms with Crippen LogP contribution < -0.4 is 5.32 Å². The van der Waals surface area contributed by atoms with Gasteiger partial charge in [-0.1, -0.05) is 23.7 Å². The second kappa shape index (κ2) is 5.56. The molecule has 4 nitrogen and oxygen atoms in total. The maximum atomic E-state index is 8.89. The quantitative estimate of drug-likeness (QED) is 0.808. The van der Waals surface area contributed by atoms with E-state index in [4.69, 9.17) is 27.4 Å². The van der Waals surface area contributed by atoms with E-state index in [1.54, 1.807) is 30.3 Å². The first kappa shape index (κ1) is 12.6. The molecular weight excluding hydrogens is 236 g/mol. The number of nitrogens with zero attached hydrogens (tertiary/aromatic N) is 3. The molecule has 1 N–H and O–H groups in total. The van der Waals surface area contributed by atoms with Crippen LogP contribution in [0.15, 0.2) is 29.5 Å². The van der Waals surface area contributed by atoms with Gasteiger partial charge in [0, 0.05) is 0 Å². The maximum Gasteiger partial charge on any atom is 0.163 e. The van der Waals surface area contributed by atoms with Gasteiger partial charge in [-0.3, -0.25) is 0 Å². The molecule has 5 heteroatoms. The molecule has 0 spiro atoms. The van der Waals surface area contributed by atoms with Crippen molar-refractivity contribution in [1.82, 2.24) is 0 Å². The lowest BCUT2D eigenvalue weighted by molar-refractivity contribution is 1.35. The number of rotatable bonds is 2. The Morgan fingerprint density at radius 3 is 2.29 bits per heavy atom. The number of nitrogens with one attached hydrogen (secondary N) is 1. The van der Waals surface area contributed by atoms with Gasteiger partial charge in [0.2, 0.25) is 0 Å². The summed E-state index contributed by atoms with van der Waals surface area (Å²) in [7, 11) is 0. The van der Waals surface area contributed by atoms with Gasteiger partial charge in [0.1, 0.15) is 23.9 Å². The molecule has 0 saturated carbocycles. The van der Waals surface area contributed by atoms with Gasteiger partial charge in [0.05, 0.1) is 10.7 Å². The van der Waals surface area contributed by atoms with Crippen molar-refractivity contribution in [2.24, 2.45) is 0 Å². The van der Waals surface area contributed by atoms with Crippen LogP contribution in [0.2, 0.25) is 5.02 Å². The number of para-hydroxylation sites is 1. The lowest BCUT2D eigenvalue weighted by Gasteiger charge is -2.09. The highest BCUT2D eigenvalue weighted by Crippen LogP contribution is 2.26. The molecule has 0 atom stereocenters. The molecular formula is C12H7ClN4. The Morgan fingerprint density at radius 2 is 1.82 bits per heavy atom. The van der Waals surface area contributed by atoms with E-state index in [-0.39, 0.29) is 11.3 Å². The standard InChI is InChI=1S/C12H7ClN4/c1-8-3-2-4-10(13)12(8)17-11(7-16)9(5-14)6-15/h2-4,17H,1H3. The molecule has 1 aromatic carbocycles. The third-order valence-electron chi connectivity index (χ3n) is 2.06.